The van der Waals surface area contributed by atoms with E-state index in [0.29, 0.717) is 23.1 Å². The number of morpholine rings is 1. The summed E-state index contributed by atoms with van der Waals surface area (Å²) >= 11 is 1.29. The van der Waals surface area contributed by atoms with Gasteiger partial charge in [0.2, 0.25) is 5.91 Å². The van der Waals surface area contributed by atoms with Crippen LogP contribution in [0.4, 0.5) is 15.6 Å². The van der Waals surface area contributed by atoms with E-state index >= 15 is 0 Å². The maximum atomic E-state index is 12.1. The zero-order valence-electron chi connectivity index (χ0n) is 15.9. The summed E-state index contributed by atoms with van der Waals surface area (Å²) in [7, 11) is 0. The van der Waals surface area contributed by atoms with Crippen molar-refractivity contribution in [3.63, 3.8) is 0 Å². The molecule has 0 aliphatic carbocycles. The van der Waals surface area contributed by atoms with Gasteiger partial charge in [-0.3, -0.25) is 15.0 Å². The number of nitrogens with one attached hydrogen (secondary N) is 3. The van der Waals surface area contributed by atoms with Crippen LogP contribution >= 0.6 is 11.3 Å². The van der Waals surface area contributed by atoms with Crippen LogP contribution in [0, 0.1) is 6.92 Å². The van der Waals surface area contributed by atoms with Crippen LogP contribution < -0.4 is 16.0 Å². The van der Waals surface area contributed by atoms with Crippen LogP contribution in [0.25, 0.3) is 0 Å². The van der Waals surface area contributed by atoms with Gasteiger partial charge in [-0.05, 0) is 24.6 Å². The van der Waals surface area contributed by atoms with E-state index in [-0.39, 0.29) is 18.4 Å². The summed E-state index contributed by atoms with van der Waals surface area (Å²) in [6, 6.07) is 7.18. The van der Waals surface area contributed by atoms with Gasteiger partial charge in [0.15, 0.2) is 5.13 Å². The highest BCUT2D eigenvalue weighted by molar-refractivity contribution is 7.14. The zero-order chi connectivity index (χ0) is 19.8. The first-order valence-corrected chi connectivity index (χ1v) is 10.1. The number of carbonyl (C=O) groups excluding carboxylic acids is 2. The zero-order valence-corrected chi connectivity index (χ0v) is 16.7. The molecule has 1 aliphatic rings. The lowest BCUT2D eigenvalue weighted by Gasteiger charge is -2.26. The van der Waals surface area contributed by atoms with Crippen molar-refractivity contribution in [3.05, 3.63) is 40.9 Å². The number of hydrogen-bond donors (Lipinski definition) is 3. The Morgan fingerprint density at radius 3 is 2.86 bits per heavy atom. The Kier molecular flexibility index (Phi) is 7.35. The molecule has 0 atom stereocenters. The minimum atomic E-state index is -0.360. The number of aromatic nitrogens is 1. The number of urea groups is 1. The Morgan fingerprint density at radius 2 is 2.07 bits per heavy atom. The molecule has 1 aliphatic heterocycles. The topological polar surface area (TPSA) is 95.6 Å². The molecule has 1 saturated heterocycles. The van der Waals surface area contributed by atoms with Crippen molar-refractivity contribution in [1.29, 1.82) is 0 Å². The first-order chi connectivity index (χ1) is 13.6. The minimum Gasteiger partial charge on any atom is -0.379 e. The molecule has 8 nitrogen and oxygen atoms in total. The van der Waals surface area contributed by atoms with E-state index in [9.17, 15) is 9.59 Å². The molecule has 0 unspecified atom stereocenters. The number of nitrogens with zero attached hydrogens (tertiary/aromatic N) is 2. The van der Waals surface area contributed by atoms with Crippen LogP contribution in [0.15, 0.2) is 29.6 Å². The largest absolute Gasteiger partial charge is 0.379 e. The third-order valence-corrected chi connectivity index (χ3v) is 5.05. The van der Waals surface area contributed by atoms with E-state index in [4.69, 9.17) is 4.74 Å². The summed E-state index contributed by atoms with van der Waals surface area (Å²) in [5.41, 5.74) is 2.42. The summed E-state index contributed by atoms with van der Waals surface area (Å²) in [6.07, 6.45) is 0.195. The third-order valence-electron chi connectivity index (χ3n) is 4.24. The molecule has 0 bridgehead atoms. The number of anilines is 2. The Labute approximate surface area is 168 Å². The van der Waals surface area contributed by atoms with E-state index in [1.54, 1.807) is 5.38 Å². The van der Waals surface area contributed by atoms with E-state index < -0.39 is 0 Å². The van der Waals surface area contributed by atoms with Crippen molar-refractivity contribution in [2.75, 3.05) is 50.0 Å². The number of ether oxygens (including phenoxy) is 1. The number of hydrogen-bond acceptors (Lipinski definition) is 6. The monoisotopic (exact) mass is 403 g/mol. The maximum Gasteiger partial charge on any atom is 0.325 e. The third kappa shape index (κ3) is 6.59. The predicted molar refractivity (Wildman–Crippen MR) is 110 cm³/mol. The van der Waals surface area contributed by atoms with Crippen molar-refractivity contribution >= 4 is 34.1 Å². The number of benzene rings is 1. The van der Waals surface area contributed by atoms with Crippen molar-refractivity contribution in [2.45, 2.75) is 13.3 Å². The van der Waals surface area contributed by atoms with Gasteiger partial charge in [0.05, 0.1) is 25.3 Å². The second-order valence-corrected chi connectivity index (χ2v) is 7.43. The highest BCUT2D eigenvalue weighted by Crippen LogP contribution is 2.17. The van der Waals surface area contributed by atoms with Gasteiger partial charge in [-0.1, -0.05) is 12.1 Å². The molecule has 3 amide bonds. The van der Waals surface area contributed by atoms with E-state index in [0.717, 1.165) is 38.4 Å². The summed E-state index contributed by atoms with van der Waals surface area (Å²) in [4.78, 5) is 30.7. The molecule has 0 spiro atoms. The summed E-state index contributed by atoms with van der Waals surface area (Å²) in [5, 5.41) is 10.6. The average molecular weight is 404 g/mol. The van der Waals surface area contributed by atoms with Crippen molar-refractivity contribution < 1.29 is 14.3 Å². The van der Waals surface area contributed by atoms with E-state index in [1.807, 2.05) is 31.2 Å². The molecular formula is C19H25N5O3S. The molecule has 150 valence electrons. The maximum absolute atomic E-state index is 12.1. The molecule has 9 heteroatoms. The van der Waals surface area contributed by atoms with Crippen LogP contribution in [0.5, 0.6) is 0 Å². The number of aryl methyl sites for hydroxylation is 1. The summed E-state index contributed by atoms with van der Waals surface area (Å²) < 4.78 is 5.30. The molecule has 0 radical (unpaired) electrons. The van der Waals surface area contributed by atoms with Gasteiger partial charge in [0, 0.05) is 37.2 Å². The lowest BCUT2D eigenvalue weighted by atomic mass is 10.2. The predicted octanol–water partition coefficient (Wildman–Crippen LogP) is 2.09. The van der Waals surface area contributed by atoms with Gasteiger partial charge in [-0.25, -0.2) is 9.78 Å². The molecule has 28 heavy (non-hydrogen) atoms. The number of amides is 3. The second kappa shape index (κ2) is 10.2. The molecular weight excluding hydrogens is 378 g/mol. The lowest BCUT2D eigenvalue weighted by Crippen LogP contribution is -2.41. The smallest absolute Gasteiger partial charge is 0.325 e. The van der Waals surface area contributed by atoms with E-state index in [1.165, 1.54) is 11.3 Å². The number of carbonyl (C=O) groups is 2. The summed E-state index contributed by atoms with van der Waals surface area (Å²) in [6.45, 7) is 6.69. The first-order valence-electron chi connectivity index (χ1n) is 9.24. The highest BCUT2D eigenvalue weighted by Gasteiger charge is 2.12. The van der Waals surface area contributed by atoms with E-state index in [2.05, 4.69) is 25.8 Å². The fraction of sp³-hybridized carbons (Fsp3) is 0.421. The number of thiazole rings is 1. The second-order valence-electron chi connectivity index (χ2n) is 6.57. The van der Waals surface area contributed by atoms with Crippen LogP contribution in [-0.2, 0) is 16.0 Å². The Balaban J connectivity index is 1.39. The molecule has 1 fully saturated rings. The van der Waals surface area contributed by atoms with Gasteiger partial charge in [0.25, 0.3) is 0 Å². The Hall–Kier alpha value is -2.49. The lowest BCUT2D eigenvalue weighted by molar-refractivity contribution is -0.120. The molecule has 0 saturated carbocycles. The average Bonchev–Trinajstić information content (AvgIpc) is 3.09. The number of rotatable bonds is 7. The van der Waals surface area contributed by atoms with Crippen LogP contribution in [0.3, 0.4) is 0 Å². The standard InChI is InChI=1S/C19H25N5O3S/c1-14-3-2-4-15(11-14)21-18(26)23-19-22-16(13-28-19)12-17(25)20-5-6-24-7-9-27-10-8-24/h2-4,11,13H,5-10,12H2,1H3,(H,20,25)(H2,21,22,23,26). The van der Waals surface area contributed by atoms with Gasteiger partial charge < -0.3 is 15.4 Å². The Morgan fingerprint density at radius 1 is 1.25 bits per heavy atom. The SMILES string of the molecule is Cc1cccc(NC(=O)Nc2nc(CC(=O)NCCN3CCOCC3)cs2)c1. The summed E-state index contributed by atoms with van der Waals surface area (Å²) in [5.74, 6) is -0.0747. The van der Waals surface area contributed by atoms with Gasteiger partial charge in [-0.2, -0.15) is 0 Å². The molecule has 1 aromatic heterocycles. The van der Waals surface area contributed by atoms with Crippen molar-refractivity contribution in [1.82, 2.24) is 15.2 Å². The van der Waals surface area contributed by atoms with Crippen LogP contribution in [0.2, 0.25) is 0 Å². The minimum absolute atomic E-state index is 0.0747. The van der Waals surface area contributed by atoms with Crippen LogP contribution in [-0.4, -0.2) is 61.2 Å². The highest BCUT2D eigenvalue weighted by atomic mass is 32.1. The fourth-order valence-corrected chi connectivity index (χ4v) is 3.54. The normalized spacial score (nSPS) is 14.5. The van der Waals surface area contributed by atoms with Gasteiger partial charge in [0.1, 0.15) is 0 Å². The van der Waals surface area contributed by atoms with Crippen molar-refractivity contribution in [3.8, 4) is 0 Å². The van der Waals surface area contributed by atoms with Gasteiger partial charge >= 0.3 is 6.03 Å². The van der Waals surface area contributed by atoms with Crippen LogP contribution in [0.1, 0.15) is 11.3 Å². The molecule has 3 rings (SSSR count). The molecule has 2 aromatic rings. The quantitative estimate of drug-likeness (QED) is 0.658. The van der Waals surface area contributed by atoms with Crippen molar-refractivity contribution in [2.24, 2.45) is 0 Å². The first kappa shape index (κ1) is 20.2. The Bertz CT molecular complexity index is 804. The van der Waals surface area contributed by atoms with Gasteiger partial charge in [-0.15, -0.1) is 11.3 Å². The molecule has 2 heterocycles. The fourth-order valence-electron chi connectivity index (χ4n) is 2.83. The molecule has 3 N–H and O–H groups in total. The molecule has 1 aromatic carbocycles.